The fourth-order valence-electron chi connectivity index (χ4n) is 1.15. The van der Waals surface area contributed by atoms with Crippen LogP contribution in [-0.2, 0) is 0 Å². The molecule has 0 aliphatic rings. The normalized spacial score (nSPS) is 13.5. The summed E-state index contributed by atoms with van der Waals surface area (Å²) in [7, 11) is 0. The molecule has 2 heteroatoms. The van der Waals surface area contributed by atoms with Gasteiger partial charge in [0.15, 0.2) is 0 Å². The molecule has 0 heterocycles. The molecule has 0 aromatic heterocycles. The number of hydrogen-bond donors (Lipinski definition) is 1. The first-order valence-corrected chi connectivity index (χ1v) is 12.5. The van der Waals surface area contributed by atoms with Crippen LogP contribution in [0.1, 0.15) is 25.7 Å². The third kappa shape index (κ3) is 10.5. The molecule has 0 spiro atoms. The molecule has 70 valence electrons. The molecule has 1 nitrogen and oxygen atoms in total. The van der Waals surface area contributed by atoms with Gasteiger partial charge < -0.3 is 0 Å². The molecule has 0 aromatic rings. The van der Waals surface area contributed by atoms with Crippen LogP contribution in [0.25, 0.3) is 0 Å². The Labute approximate surface area is 74.2 Å². The van der Waals surface area contributed by atoms with Crippen molar-refractivity contribution in [1.82, 2.24) is 0 Å². The third-order valence-electron chi connectivity index (χ3n) is 1.88. The third-order valence-corrected chi connectivity index (χ3v) is 5.77. The monoisotopic (exact) mass is 221 g/mol. The van der Waals surface area contributed by atoms with Crippen LogP contribution in [0.4, 0.5) is 0 Å². The van der Waals surface area contributed by atoms with Crippen molar-refractivity contribution in [2.75, 3.05) is 6.54 Å². The Morgan fingerprint density at radius 1 is 0.909 bits per heavy atom. The van der Waals surface area contributed by atoms with Crippen LogP contribution in [-0.4, -0.2) is 20.1 Å². The molecule has 0 radical (unpaired) electrons. The summed E-state index contributed by atoms with van der Waals surface area (Å²) in [4.78, 5) is 0. The quantitative estimate of drug-likeness (QED) is 0.541. The molecule has 0 unspecified atom stereocenters. The Balaban J connectivity index is 3.02. The van der Waals surface area contributed by atoms with Gasteiger partial charge in [-0.2, -0.15) is 0 Å². The van der Waals surface area contributed by atoms with Crippen molar-refractivity contribution in [2.45, 2.75) is 48.0 Å². The summed E-state index contributed by atoms with van der Waals surface area (Å²) in [6, 6.07) is 0. The standard InChI is InChI=1S/C9H24AsN/c1-10(2,3)8-6-4-5-7-9-11/h10H,4-9,11H2,1-3H3. The molecule has 11 heavy (non-hydrogen) atoms. The zero-order chi connectivity index (χ0) is 8.74. The second kappa shape index (κ2) is 6.08. The van der Waals surface area contributed by atoms with Gasteiger partial charge in [-0.3, -0.25) is 0 Å². The first kappa shape index (κ1) is 11.5. The fraction of sp³-hybridized carbons (Fsp3) is 1.00. The predicted octanol–water partition coefficient (Wildman–Crippen LogP) is 2.58. The van der Waals surface area contributed by atoms with Gasteiger partial charge in [-0.05, 0) is 0 Å². The van der Waals surface area contributed by atoms with E-state index >= 15 is 0 Å². The van der Waals surface area contributed by atoms with Gasteiger partial charge in [-0.25, -0.2) is 0 Å². The average molecular weight is 221 g/mol. The van der Waals surface area contributed by atoms with Crippen molar-refractivity contribution in [3.05, 3.63) is 0 Å². The molecule has 0 saturated carbocycles. The maximum absolute atomic E-state index is 5.41. The van der Waals surface area contributed by atoms with E-state index in [0.29, 0.717) is 0 Å². The van der Waals surface area contributed by atoms with Crippen molar-refractivity contribution in [2.24, 2.45) is 5.73 Å². The van der Waals surface area contributed by atoms with E-state index in [2.05, 4.69) is 17.1 Å². The minimum atomic E-state index is -1.19. The zero-order valence-corrected chi connectivity index (χ0v) is 10.4. The summed E-state index contributed by atoms with van der Waals surface area (Å²) in [5, 5.41) is 1.53. The van der Waals surface area contributed by atoms with E-state index in [0.717, 1.165) is 6.54 Å². The van der Waals surface area contributed by atoms with Gasteiger partial charge in [-0.15, -0.1) is 0 Å². The first-order chi connectivity index (χ1) is 5.06. The maximum atomic E-state index is 5.41. The van der Waals surface area contributed by atoms with Crippen LogP contribution < -0.4 is 5.73 Å². The van der Waals surface area contributed by atoms with Gasteiger partial charge in [-0.1, -0.05) is 0 Å². The van der Waals surface area contributed by atoms with Crippen LogP contribution in [0.5, 0.6) is 0 Å². The molecule has 0 aromatic carbocycles. The molecule has 0 bridgehead atoms. The molecular weight excluding hydrogens is 197 g/mol. The Kier molecular flexibility index (Phi) is 6.37. The molecule has 0 aliphatic carbocycles. The minimum absolute atomic E-state index is 0.872. The zero-order valence-electron chi connectivity index (χ0n) is 8.32. The molecule has 2 N–H and O–H groups in total. The summed E-state index contributed by atoms with van der Waals surface area (Å²) in [5.41, 5.74) is 12.9. The van der Waals surface area contributed by atoms with Crippen LogP contribution in [0.15, 0.2) is 0 Å². The van der Waals surface area contributed by atoms with Crippen molar-refractivity contribution >= 4 is 13.6 Å². The van der Waals surface area contributed by atoms with E-state index < -0.39 is 13.6 Å². The number of rotatable bonds is 6. The van der Waals surface area contributed by atoms with Gasteiger partial charge in [0.2, 0.25) is 0 Å². The number of hydrogen-bond acceptors (Lipinski definition) is 1. The SMILES string of the molecule is C[AsH](C)(C)CCCCCCN. The molecule has 0 rings (SSSR count). The van der Waals surface area contributed by atoms with Gasteiger partial charge in [0, 0.05) is 0 Å². The van der Waals surface area contributed by atoms with E-state index in [4.69, 9.17) is 5.73 Å². The van der Waals surface area contributed by atoms with Crippen LogP contribution >= 0.6 is 0 Å². The van der Waals surface area contributed by atoms with E-state index in [9.17, 15) is 0 Å². The summed E-state index contributed by atoms with van der Waals surface area (Å²) in [6.07, 6.45) is 5.41. The van der Waals surface area contributed by atoms with E-state index in [1.807, 2.05) is 0 Å². The van der Waals surface area contributed by atoms with E-state index in [1.54, 1.807) is 0 Å². The second-order valence-corrected chi connectivity index (χ2v) is 16.3. The Morgan fingerprint density at radius 2 is 1.45 bits per heavy atom. The Hall–Kier alpha value is 0.518. The van der Waals surface area contributed by atoms with E-state index in [1.165, 1.54) is 30.9 Å². The number of unbranched alkanes of at least 4 members (excludes halogenated alkanes) is 3. The molecular formula is C9H24AsN. The van der Waals surface area contributed by atoms with Crippen molar-refractivity contribution in [3.8, 4) is 0 Å². The van der Waals surface area contributed by atoms with Crippen molar-refractivity contribution < 1.29 is 0 Å². The number of nitrogens with two attached hydrogens (primary N) is 1. The molecule has 0 aliphatic heterocycles. The Bertz CT molecular complexity index is 86.1. The van der Waals surface area contributed by atoms with Crippen LogP contribution in [0, 0.1) is 0 Å². The summed E-state index contributed by atoms with van der Waals surface area (Å²) >= 11 is -1.19. The van der Waals surface area contributed by atoms with Gasteiger partial charge in [0.25, 0.3) is 0 Å². The fourth-order valence-corrected chi connectivity index (χ4v) is 3.90. The molecule has 0 fully saturated rings. The summed E-state index contributed by atoms with van der Waals surface area (Å²) in [6.45, 7) is 0.872. The molecule has 0 amide bonds. The van der Waals surface area contributed by atoms with Crippen molar-refractivity contribution in [1.29, 1.82) is 0 Å². The average Bonchev–Trinajstić information content (AvgIpc) is 1.85. The van der Waals surface area contributed by atoms with E-state index in [-0.39, 0.29) is 0 Å². The Morgan fingerprint density at radius 3 is 1.91 bits per heavy atom. The topological polar surface area (TPSA) is 26.0 Å². The van der Waals surface area contributed by atoms with Gasteiger partial charge in [0.1, 0.15) is 0 Å². The summed E-state index contributed by atoms with van der Waals surface area (Å²) < 4.78 is 0. The molecule has 0 atom stereocenters. The van der Waals surface area contributed by atoms with Crippen molar-refractivity contribution in [3.63, 3.8) is 0 Å². The first-order valence-electron chi connectivity index (χ1n) is 4.76. The molecule has 0 saturated heterocycles. The van der Waals surface area contributed by atoms with Gasteiger partial charge >= 0.3 is 73.9 Å². The van der Waals surface area contributed by atoms with Crippen LogP contribution in [0.3, 0.4) is 0 Å². The predicted molar refractivity (Wildman–Crippen MR) is 57.1 cm³/mol. The van der Waals surface area contributed by atoms with Gasteiger partial charge in [0.05, 0.1) is 0 Å². The van der Waals surface area contributed by atoms with Crippen LogP contribution in [0.2, 0.25) is 22.3 Å². The summed E-state index contributed by atoms with van der Waals surface area (Å²) in [5.74, 6) is 0. The second-order valence-electron chi connectivity index (χ2n) is 4.51.